The van der Waals surface area contributed by atoms with Crippen molar-refractivity contribution in [2.45, 2.75) is 18.7 Å². The van der Waals surface area contributed by atoms with Crippen LogP contribution in [0, 0.1) is 0 Å². The minimum absolute atomic E-state index is 0.263. The number of amides is 1. The Balaban J connectivity index is 2.20. The zero-order chi connectivity index (χ0) is 14.5. The molecular formula is C12H20N6O2. The minimum atomic E-state index is -0.493. The van der Waals surface area contributed by atoms with E-state index in [0.717, 1.165) is 0 Å². The molecule has 0 aromatic carbocycles. The molecule has 1 fully saturated rings. The molecule has 1 aliphatic rings. The molecule has 1 saturated heterocycles. The van der Waals surface area contributed by atoms with E-state index < -0.39 is 6.10 Å². The fourth-order valence-electron chi connectivity index (χ4n) is 2.26. The number of β-amino-alcohol motifs (C(OH)–C–C–N with tert-alkyl or cyclic N) is 1. The Bertz CT molecular complexity index is 469. The van der Waals surface area contributed by atoms with Crippen LogP contribution in [-0.2, 0) is 4.79 Å². The highest BCUT2D eigenvalue weighted by Gasteiger charge is 2.31. The lowest BCUT2D eigenvalue weighted by Gasteiger charge is -2.25. The van der Waals surface area contributed by atoms with Crippen molar-refractivity contribution in [2.24, 2.45) is 5.73 Å². The molecule has 7 N–H and O–H groups in total. The second-order valence-electron chi connectivity index (χ2n) is 4.66. The summed E-state index contributed by atoms with van der Waals surface area (Å²) >= 11 is 0. The molecule has 2 atom stereocenters. The summed E-state index contributed by atoms with van der Waals surface area (Å²) in [7, 11) is 0. The topological polar surface area (TPSA) is 130 Å². The SMILES string of the molecule is NCCNc1nc(N2CC(O)CC2NC=O)ccc1N. The van der Waals surface area contributed by atoms with E-state index in [-0.39, 0.29) is 6.17 Å². The highest BCUT2D eigenvalue weighted by Crippen LogP contribution is 2.26. The molecule has 1 aromatic heterocycles. The summed E-state index contributed by atoms with van der Waals surface area (Å²) in [4.78, 5) is 16.9. The van der Waals surface area contributed by atoms with Crippen LogP contribution in [0.5, 0.6) is 0 Å². The molecule has 0 saturated carbocycles. The van der Waals surface area contributed by atoms with Gasteiger partial charge in [-0.05, 0) is 12.1 Å². The quantitative estimate of drug-likeness (QED) is 0.408. The standard InChI is InChI=1S/C12H20N6O2/c13-3-4-15-12-9(14)1-2-10(17-12)18-6-8(20)5-11(18)16-7-19/h1-2,7-8,11,20H,3-6,13-14H2,(H,15,17)(H,16,19). The number of aliphatic hydroxyl groups is 1. The third-order valence-corrected chi connectivity index (χ3v) is 3.18. The number of carbonyl (C=O) groups is 1. The molecule has 2 heterocycles. The summed E-state index contributed by atoms with van der Waals surface area (Å²) < 4.78 is 0. The van der Waals surface area contributed by atoms with Gasteiger partial charge in [0.1, 0.15) is 12.0 Å². The van der Waals surface area contributed by atoms with E-state index in [9.17, 15) is 9.90 Å². The van der Waals surface area contributed by atoms with Gasteiger partial charge in [0, 0.05) is 26.1 Å². The molecule has 0 bridgehead atoms. The summed E-state index contributed by atoms with van der Waals surface area (Å²) in [6.45, 7) is 1.46. The van der Waals surface area contributed by atoms with Gasteiger partial charge in [-0.2, -0.15) is 0 Å². The third kappa shape index (κ3) is 3.09. The Morgan fingerprint density at radius 2 is 2.35 bits per heavy atom. The van der Waals surface area contributed by atoms with Crippen LogP contribution >= 0.6 is 0 Å². The van der Waals surface area contributed by atoms with Crippen LogP contribution < -0.4 is 27.0 Å². The summed E-state index contributed by atoms with van der Waals surface area (Å²) in [5.74, 6) is 1.20. The average molecular weight is 280 g/mol. The van der Waals surface area contributed by atoms with Crippen LogP contribution in [0.1, 0.15) is 6.42 Å². The molecule has 0 radical (unpaired) electrons. The molecule has 8 heteroatoms. The maximum atomic E-state index is 10.6. The van der Waals surface area contributed by atoms with Crippen LogP contribution in [0.15, 0.2) is 12.1 Å². The first-order chi connectivity index (χ1) is 9.65. The predicted molar refractivity (Wildman–Crippen MR) is 77.2 cm³/mol. The number of rotatable bonds is 6. The first-order valence-electron chi connectivity index (χ1n) is 6.50. The zero-order valence-corrected chi connectivity index (χ0v) is 11.1. The van der Waals surface area contributed by atoms with E-state index in [2.05, 4.69) is 15.6 Å². The molecular weight excluding hydrogens is 260 g/mol. The smallest absolute Gasteiger partial charge is 0.208 e. The number of nitrogens with zero attached hydrogens (tertiary/aromatic N) is 2. The highest BCUT2D eigenvalue weighted by molar-refractivity contribution is 5.65. The molecule has 2 rings (SSSR count). The maximum Gasteiger partial charge on any atom is 0.208 e. The number of aromatic nitrogens is 1. The van der Waals surface area contributed by atoms with Crippen LogP contribution in [-0.4, -0.2) is 48.4 Å². The number of hydrogen-bond donors (Lipinski definition) is 5. The van der Waals surface area contributed by atoms with Crippen molar-refractivity contribution in [3.63, 3.8) is 0 Å². The number of carbonyl (C=O) groups excluding carboxylic acids is 1. The fourth-order valence-corrected chi connectivity index (χ4v) is 2.26. The Morgan fingerprint density at radius 3 is 3.05 bits per heavy atom. The number of nitrogen functional groups attached to an aromatic ring is 1. The van der Waals surface area contributed by atoms with E-state index in [1.807, 2.05) is 4.90 Å². The van der Waals surface area contributed by atoms with Gasteiger partial charge in [0.25, 0.3) is 0 Å². The number of nitrogens with two attached hydrogens (primary N) is 2. The van der Waals surface area contributed by atoms with Gasteiger partial charge in [0.05, 0.1) is 11.8 Å². The van der Waals surface area contributed by atoms with Crippen molar-refractivity contribution in [3.05, 3.63) is 12.1 Å². The Labute approximate surface area is 117 Å². The van der Waals surface area contributed by atoms with E-state index >= 15 is 0 Å². The highest BCUT2D eigenvalue weighted by atomic mass is 16.3. The average Bonchev–Trinajstić information content (AvgIpc) is 2.79. The van der Waals surface area contributed by atoms with Gasteiger partial charge in [0.15, 0.2) is 5.82 Å². The Morgan fingerprint density at radius 1 is 1.55 bits per heavy atom. The molecule has 1 aromatic rings. The van der Waals surface area contributed by atoms with Crippen molar-refractivity contribution in [2.75, 3.05) is 35.6 Å². The van der Waals surface area contributed by atoms with Crippen LogP contribution in [0.25, 0.3) is 0 Å². The third-order valence-electron chi connectivity index (χ3n) is 3.18. The maximum absolute atomic E-state index is 10.6. The van der Waals surface area contributed by atoms with Crippen molar-refractivity contribution in [3.8, 4) is 0 Å². The first-order valence-corrected chi connectivity index (χ1v) is 6.50. The van der Waals surface area contributed by atoms with Gasteiger partial charge in [-0.3, -0.25) is 4.79 Å². The second-order valence-corrected chi connectivity index (χ2v) is 4.66. The summed E-state index contributed by atoms with van der Waals surface area (Å²) in [5, 5.41) is 15.5. The monoisotopic (exact) mass is 280 g/mol. The summed E-state index contributed by atoms with van der Waals surface area (Å²) in [6.07, 6.45) is 0.338. The lowest BCUT2D eigenvalue weighted by molar-refractivity contribution is -0.110. The first kappa shape index (κ1) is 14.4. The predicted octanol–water partition coefficient (Wildman–Crippen LogP) is -1.32. The molecule has 8 nitrogen and oxygen atoms in total. The normalized spacial score (nSPS) is 21.8. The van der Waals surface area contributed by atoms with E-state index in [1.165, 1.54) is 0 Å². The Kier molecular flexibility index (Phi) is 4.59. The van der Waals surface area contributed by atoms with Crippen molar-refractivity contribution >= 4 is 23.7 Å². The molecule has 110 valence electrons. The fraction of sp³-hybridized carbons (Fsp3) is 0.500. The number of pyridine rings is 1. The number of hydrogen-bond acceptors (Lipinski definition) is 7. The Hall–Kier alpha value is -2.06. The van der Waals surface area contributed by atoms with Crippen molar-refractivity contribution < 1.29 is 9.90 Å². The van der Waals surface area contributed by atoms with E-state index in [4.69, 9.17) is 11.5 Å². The number of anilines is 3. The van der Waals surface area contributed by atoms with Crippen molar-refractivity contribution in [1.82, 2.24) is 10.3 Å². The van der Waals surface area contributed by atoms with Crippen LogP contribution in [0.3, 0.4) is 0 Å². The molecule has 0 spiro atoms. The van der Waals surface area contributed by atoms with Gasteiger partial charge in [-0.25, -0.2) is 4.98 Å². The van der Waals surface area contributed by atoms with E-state index in [0.29, 0.717) is 49.8 Å². The number of nitrogens with one attached hydrogen (secondary N) is 2. The van der Waals surface area contributed by atoms with Gasteiger partial charge in [-0.15, -0.1) is 0 Å². The lowest BCUT2D eigenvalue weighted by atomic mass is 10.3. The van der Waals surface area contributed by atoms with Crippen LogP contribution in [0.4, 0.5) is 17.3 Å². The molecule has 20 heavy (non-hydrogen) atoms. The van der Waals surface area contributed by atoms with Gasteiger partial charge in [0.2, 0.25) is 6.41 Å². The summed E-state index contributed by atoms with van der Waals surface area (Å²) in [5.41, 5.74) is 11.8. The van der Waals surface area contributed by atoms with Crippen molar-refractivity contribution in [1.29, 1.82) is 0 Å². The molecule has 1 amide bonds. The zero-order valence-electron chi connectivity index (χ0n) is 11.1. The van der Waals surface area contributed by atoms with Gasteiger partial charge in [-0.1, -0.05) is 0 Å². The molecule has 2 unspecified atom stereocenters. The lowest BCUT2D eigenvalue weighted by Crippen LogP contribution is -2.41. The largest absolute Gasteiger partial charge is 0.396 e. The molecule has 0 aliphatic carbocycles. The number of aliphatic hydroxyl groups excluding tert-OH is 1. The van der Waals surface area contributed by atoms with Gasteiger partial charge < -0.3 is 32.1 Å². The van der Waals surface area contributed by atoms with E-state index in [1.54, 1.807) is 12.1 Å². The minimum Gasteiger partial charge on any atom is -0.396 e. The van der Waals surface area contributed by atoms with Crippen LogP contribution in [0.2, 0.25) is 0 Å². The molecule has 1 aliphatic heterocycles. The van der Waals surface area contributed by atoms with Gasteiger partial charge >= 0.3 is 0 Å². The summed E-state index contributed by atoms with van der Waals surface area (Å²) in [6, 6.07) is 3.50. The second kappa shape index (κ2) is 6.40.